The van der Waals surface area contributed by atoms with Gasteiger partial charge in [0.25, 0.3) is 0 Å². The third-order valence-electron chi connectivity index (χ3n) is 3.20. The van der Waals surface area contributed by atoms with Crippen LogP contribution in [0.4, 0.5) is 0 Å². The Balaban J connectivity index is 2.38. The Kier molecular flexibility index (Phi) is 4.73. The van der Waals surface area contributed by atoms with Crippen LogP contribution in [0.25, 0.3) is 0 Å². The summed E-state index contributed by atoms with van der Waals surface area (Å²) in [6, 6.07) is 3.31. The zero-order valence-corrected chi connectivity index (χ0v) is 12.3. The van der Waals surface area contributed by atoms with E-state index in [0.29, 0.717) is 29.7 Å². The summed E-state index contributed by atoms with van der Waals surface area (Å²) in [7, 11) is 3.68. The number of benzene rings is 1. The lowest BCUT2D eigenvalue weighted by Gasteiger charge is -2.24. The first kappa shape index (κ1) is 14.9. The monoisotopic (exact) mass is 299 g/mol. The first-order chi connectivity index (χ1) is 9.49. The SMILES string of the molecule is CN(C)C(CC(=O)O)c1cc(Cl)c2c(c1)OCCCO2. The van der Waals surface area contributed by atoms with Crippen LogP contribution in [0.5, 0.6) is 11.5 Å². The van der Waals surface area contributed by atoms with E-state index in [-0.39, 0.29) is 12.5 Å². The molecule has 1 heterocycles. The van der Waals surface area contributed by atoms with Crippen molar-refractivity contribution in [1.82, 2.24) is 4.90 Å². The normalized spacial score (nSPS) is 15.8. The van der Waals surface area contributed by atoms with Crippen LogP contribution < -0.4 is 9.47 Å². The second-order valence-corrected chi connectivity index (χ2v) is 5.36. The molecule has 0 spiro atoms. The van der Waals surface area contributed by atoms with Crippen LogP contribution in [-0.4, -0.2) is 43.3 Å². The van der Waals surface area contributed by atoms with Crippen LogP contribution in [0.3, 0.4) is 0 Å². The van der Waals surface area contributed by atoms with E-state index in [1.165, 1.54) is 0 Å². The van der Waals surface area contributed by atoms with E-state index >= 15 is 0 Å². The van der Waals surface area contributed by atoms with Crippen LogP contribution in [0.15, 0.2) is 12.1 Å². The van der Waals surface area contributed by atoms with E-state index in [2.05, 4.69) is 0 Å². The van der Waals surface area contributed by atoms with Gasteiger partial charge in [0, 0.05) is 12.5 Å². The number of ether oxygens (including phenoxy) is 2. The van der Waals surface area contributed by atoms with E-state index in [1.54, 1.807) is 6.07 Å². The standard InChI is InChI=1S/C14H18ClNO4/c1-16(2)11(8-13(17)18)9-6-10(15)14-12(7-9)19-4-3-5-20-14/h6-7,11H,3-5,8H2,1-2H3,(H,17,18). The number of aliphatic carboxylic acids is 1. The van der Waals surface area contributed by atoms with E-state index in [1.807, 2.05) is 25.1 Å². The average molecular weight is 300 g/mol. The molecule has 1 aliphatic rings. The van der Waals surface area contributed by atoms with Gasteiger partial charge in [0.2, 0.25) is 0 Å². The van der Waals surface area contributed by atoms with Gasteiger partial charge in [0.05, 0.1) is 24.7 Å². The van der Waals surface area contributed by atoms with Crippen molar-refractivity contribution < 1.29 is 19.4 Å². The number of fused-ring (bicyclic) bond motifs is 1. The van der Waals surface area contributed by atoms with Crippen molar-refractivity contribution in [2.24, 2.45) is 0 Å². The number of carbonyl (C=O) groups is 1. The fourth-order valence-corrected chi connectivity index (χ4v) is 2.48. The number of hydrogen-bond donors (Lipinski definition) is 1. The molecule has 0 bridgehead atoms. The molecule has 1 aromatic rings. The molecule has 1 N–H and O–H groups in total. The lowest BCUT2D eigenvalue weighted by atomic mass is 10.0. The Morgan fingerprint density at radius 1 is 1.40 bits per heavy atom. The van der Waals surface area contributed by atoms with Gasteiger partial charge in [0.1, 0.15) is 0 Å². The third-order valence-corrected chi connectivity index (χ3v) is 3.48. The number of halogens is 1. The van der Waals surface area contributed by atoms with Gasteiger partial charge in [-0.05, 0) is 31.8 Å². The first-order valence-corrected chi connectivity index (χ1v) is 6.84. The summed E-state index contributed by atoms with van der Waals surface area (Å²) in [5.74, 6) is 0.273. The van der Waals surface area contributed by atoms with Crippen LogP contribution >= 0.6 is 11.6 Å². The highest BCUT2D eigenvalue weighted by atomic mass is 35.5. The molecule has 0 radical (unpaired) electrons. The highest BCUT2D eigenvalue weighted by molar-refractivity contribution is 6.32. The Bertz CT molecular complexity index is 504. The molecule has 0 aromatic heterocycles. The van der Waals surface area contributed by atoms with Gasteiger partial charge in [-0.15, -0.1) is 0 Å². The summed E-state index contributed by atoms with van der Waals surface area (Å²) >= 11 is 6.23. The summed E-state index contributed by atoms with van der Waals surface area (Å²) in [4.78, 5) is 12.9. The molecule has 2 rings (SSSR count). The van der Waals surface area contributed by atoms with Gasteiger partial charge in [-0.25, -0.2) is 0 Å². The Morgan fingerprint density at radius 3 is 2.75 bits per heavy atom. The minimum atomic E-state index is -0.855. The molecular formula is C14H18ClNO4. The molecule has 6 heteroatoms. The molecule has 1 aromatic carbocycles. The summed E-state index contributed by atoms with van der Waals surface area (Å²) in [6.45, 7) is 1.14. The van der Waals surface area contributed by atoms with Gasteiger partial charge in [0.15, 0.2) is 11.5 Å². The Labute approximate surface area is 123 Å². The van der Waals surface area contributed by atoms with Crippen LogP contribution in [0.2, 0.25) is 5.02 Å². The lowest BCUT2D eigenvalue weighted by molar-refractivity contribution is -0.138. The van der Waals surface area contributed by atoms with Crippen molar-refractivity contribution in [2.75, 3.05) is 27.3 Å². The van der Waals surface area contributed by atoms with Crippen molar-refractivity contribution in [2.45, 2.75) is 18.9 Å². The second-order valence-electron chi connectivity index (χ2n) is 4.96. The zero-order chi connectivity index (χ0) is 14.7. The molecule has 0 saturated carbocycles. The van der Waals surface area contributed by atoms with E-state index in [4.69, 9.17) is 26.2 Å². The maximum atomic E-state index is 11.0. The minimum Gasteiger partial charge on any atom is -0.489 e. The van der Waals surface area contributed by atoms with Gasteiger partial charge >= 0.3 is 5.97 Å². The molecule has 0 amide bonds. The fraction of sp³-hybridized carbons (Fsp3) is 0.500. The molecule has 20 heavy (non-hydrogen) atoms. The molecule has 110 valence electrons. The molecule has 0 saturated heterocycles. The Morgan fingerprint density at radius 2 is 2.10 bits per heavy atom. The number of nitrogens with zero attached hydrogens (tertiary/aromatic N) is 1. The van der Waals surface area contributed by atoms with Crippen molar-refractivity contribution in [3.05, 3.63) is 22.7 Å². The number of hydrogen-bond acceptors (Lipinski definition) is 4. The predicted molar refractivity (Wildman–Crippen MR) is 75.7 cm³/mol. The topological polar surface area (TPSA) is 59.0 Å². The van der Waals surface area contributed by atoms with E-state index in [0.717, 1.165) is 12.0 Å². The maximum Gasteiger partial charge on any atom is 0.305 e. The van der Waals surface area contributed by atoms with Crippen molar-refractivity contribution in [1.29, 1.82) is 0 Å². The zero-order valence-electron chi connectivity index (χ0n) is 11.6. The number of rotatable bonds is 4. The largest absolute Gasteiger partial charge is 0.489 e. The molecule has 0 aliphatic carbocycles. The molecular weight excluding hydrogens is 282 g/mol. The van der Waals surface area contributed by atoms with Crippen LogP contribution in [0, 0.1) is 0 Å². The van der Waals surface area contributed by atoms with Crippen LogP contribution in [0.1, 0.15) is 24.4 Å². The minimum absolute atomic E-state index is 0.00295. The summed E-state index contributed by atoms with van der Waals surface area (Å²) < 4.78 is 11.2. The quantitative estimate of drug-likeness (QED) is 0.926. The highest BCUT2D eigenvalue weighted by Gasteiger charge is 2.22. The smallest absolute Gasteiger partial charge is 0.305 e. The highest BCUT2D eigenvalue weighted by Crippen LogP contribution is 2.40. The number of carboxylic acids is 1. The lowest BCUT2D eigenvalue weighted by Crippen LogP contribution is -2.22. The summed E-state index contributed by atoms with van der Waals surface area (Å²) in [6.07, 6.45) is 0.801. The van der Waals surface area contributed by atoms with E-state index < -0.39 is 5.97 Å². The van der Waals surface area contributed by atoms with E-state index in [9.17, 15) is 4.79 Å². The van der Waals surface area contributed by atoms with Gasteiger partial charge in [-0.2, -0.15) is 0 Å². The molecule has 0 fully saturated rings. The second kappa shape index (κ2) is 6.33. The summed E-state index contributed by atoms with van der Waals surface area (Å²) in [5.41, 5.74) is 0.812. The van der Waals surface area contributed by atoms with Crippen LogP contribution in [-0.2, 0) is 4.79 Å². The molecule has 1 unspecified atom stereocenters. The maximum absolute atomic E-state index is 11.0. The fourth-order valence-electron chi connectivity index (χ4n) is 2.21. The van der Waals surface area contributed by atoms with Crippen molar-refractivity contribution in [3.8, 4) is 11.5 Å². The summed E-state index contributed by atoms with van der Waals surface area (Å²) in [5, 5.41) is 9.49. The number of carboxylic acid groups (broad SMARTS) is 1. The molecule has 5 nitrogen and oxygen atoms in total. The first-order valence-electron chi connectivity index (χ1n) is 6.46. The van der Waals surface area contributed by atoms with Gasteiger partial charge < -0.3 is 19.5 Å². The van der Waals surface area contributed by atoms with Gasteiger partial charge in [-0.3, -0.25) is 4.79 Å². The third kappa shape index (κ3) is 3.35. The average Bonchev–Trinajstić information content (AvgIpc) is 2.60. The van der Waals surface area contributed by atoms with Crippen molar-refractivity contribution >= 4 is 17.6 Å². The molecule has 1 atom stereocenters. The molecule has 1 aliphatic heterocycles. The van der Waals surface area contributed by atoms with Crippen molar-refractivity contribution in [3.63, 3.8) is 0 Å². The predicted octanol–water partition coefficient (Wildman–Crippen LogP) is 2.58. The Hall–Kier alpha value is -1.46. The van der Waals surface area contributed by atoms with Gasteiger partial charge in [-0.1, -0.05) is 11.6 Å².